The lowest BCUT2D eigenvalue weighted by atomic mass is 10.2. The minimum atomic E-state index is 0.649. The van der Waals surface area contributed by atoms with Gasteiger partial charge in [-0.05, 0) is 36.3 Å². The molecular formula is C15H20ClNO2S. The lowest BCUT2D eigenvalue weighted by Crippen LogP contribution is -2.22. The normalized spacial score (nSPS) is 21.8. The van der Waals surface area contributed by atoms with Crippen LogP contribution in [0.2, 0.25) is 5.02 Å². The van der Waals surface area contributed by atoms with Gasteiger partial charge >= 0.3 is 0 Å². The molecule has 3 nitrogen and oxygen atoms in total. The van der Waals surface area contributed by atoms with Crippen LogP contribution in [0.4, 0.5) is 0 Å². The molecule has 2 heterocycles. The van der Waals surface area contributed by atoms with Crippen molar-refractivity contribution < 1.29 is 9.47 Å². The molecule has 1 atom stereocenters. The monoisotopic (exact) mass is 313 g/mol. The van der Waals surface area contributed by atoms with E-state index in [0.717, 1.165) is 36.1 Å². The fourth-order valence-electron chi connectivity index (χ4n) is 2.57. The van der Waals surface area contributed by atoms with E-state index >= 15 is 0 Å². The Morgan fingerprint density at radius 1 is 1.25 bits per heavy atom. The van der Waals surface area contributed by atoms with Gasteiger partial charge in [0.1, 0.15) is 0 Å². The highest BCUT2D eigenvalue weighted by Gasteiger charge is 2.17. The molecule has 1 N–H and O–H groups in total. The number of thioether (sulfide) groups is 1. The Morgan fingerprint density at radius 3 is 3.00 bits per heavy atom. The Hall–Kier alpha value is -0.580. The summed E-state index contributed by atoms with van der Waals surface area (Å²) in [6.45, 7) is 3.26. The van der Waals surface area contributed by atoms with Crippen molar-refractivity contribution >= 4 is 23.4 Å². The molecule has 2 aliphatic rings. The molecule has 0 saturated carbocycles. The van der Waals surface area contributed by atoms with Crippen LogP contribution in [0.3, 0.4) is 0 Å². The van der Waals surface area contributed by atoms with Gasteiger partial charge in [0.15, 0.2) is 11.5 Å². The van der Waals surface area contributed by atoms with E-state index in [1.807, 2.05) is 12.1 Å². The Bertz CT molecular complexity index is 463. The molecule has 3 rings (SSSR count). The van der Waals surface area contributed by atoms with Gasteiger partial charge in [-0.3, -0.25) is 0 Å². The molecule has 0 amide bonds. The number of nitrogens with one attached hydrogen (secondary N) is 1. The summed E-state index contributed by atoms with van der Waals surface area (Å²) in [6.07, 6.45) is 3.59. The molecule has 1 aromatic carbocycles. The number of rotatable bonds is 4. The smallest absolute Gasteiger partial charge is 0.179 e. The van der Waals surface area contributed by atoms with Crippen molar-refractivity contribution in [3.05, 3.63) is 22.7 Å². The van der Waals surface area contributed by atoms with E-state index in [2.05, 4.69) is 17.1 Å². The predicted octanol–water partition coefficient (Wildman–Crippen LogP) is 3.49. The highest BCUT2D eigenvalue weighted by molar-refractivity contribution is 8.00. The van der Waals surface area contributed by atoms with E-state index in [1.54, 1.807) is 0 Å². The van der Waals surface area contributed by atoms with Gasteiger partial charge in [0.2, 0.25) is 0 Å². The Balaban J connectivity index is 1.61. The first-order chi connectivity index (χ1) is 9.83. The molecule has 0 aromatic heterocycles. The minimum absolute atomic E-state index is 0.649. The highest BCUT2D eigenvalue weighted by atomic mass is 35.5. The lowest BCUT2D eigenvalue weighted by molar-refractivity contribution is 0.297. The highest BCUT2D eigenvalue weighted by Crippen LogP contribution is 2.38. The van der Waals surface area contributed by atoms with Crippen LogP contribution in [0, 0.1) is 0 Å². The molecule has 0 aliphatic carbocycles. The van der Waals surface area contributed by atoms with Crippen LogP contribution in [-0.2, 0) is 6.54 Å². The average Bonchev–Trinajstić information content (AvgIpc) is 2.83. The Labute approximate surface area is 129 Å². The molecule has 1 aromatic rings. The van der Waals surface area contributed by atoms with Gasteiger partial charge in [-0.1, -0.05) is 11.6 Å². The molecule has 1 unspecified atom stereocenters. The first kappa shape index (κ1) is 14.4. The fourth-order valence-corrected chi connectivity index (χ4v) is 4.09. The maximum Gasteiger partial charge on any atom is 0.179 e. The van der Waals surface area contributed by atoms with E-state index in [-0.39, 0.29) is 0 Å². The van der Waals surface area contributed by atoms with E-state index in [9.17, 15) is 0 Å². The van der Waals surface area contributed by atoms with Gasteiger partial charge in [-0.15, -0.1) is 0 Å². The average molecular weight is 314 g/mol. The van der Waals surface area contributed by atoms with Gasteiger partial charge in [-0.25, -0.2) is 0 Å². The van der Waals surface area contributed by atoms with Crippen molar-refractivity contribution in [2.24, 2.45) is 0 Å². The molecule has 0 bridgehead atoms. The van der Waals surface area contributed by atoms with Crippen molar-refractivity contribution in [3.63, 3.8) is 0 Å². The molecule has 2 aliphatic heterocycles. The summed E-state index contributed by atoms with van der Waals surface area (Å²) in [5.41, 5.74) is 1.15. The third-order valence-electron chi connectivity index (χ3n) is 3.59. The number of ether oxygens (including phenoxy) is 2. The predicted molar refractivity (Wildman–Crippen MR) is 84.2 cm³/mol. The standard InChI is InChI=1S/C15H20ClNO2S/c16-13-7-11(9-17-10-12-3-1-6-20-12)8-14-15(13)19-5-2-4-18-14/h7-8,12,17H,1-6,9-10H2. The first-order valence-corrected chi connectivity index (χ1v) is 8.66. The first-order valence-electron chi connectivity index (χ1n) is 7.23. The summed E-state index contributed by atoms with van der Waals surface area (Å²) >= 11 is 8.36. The second-order valence-corrected chi connectivity index (χ2v) is 7.04. The topological polar surface area (TPSA) is 30.5 Å². The maximum atomic E-state index is 6.29. The van der Waals surface area contributed by atoms with Gasteiger partial charge in [-0.2, -0.15) is 11.8 Å². The summed E-state index contributed by atoms with van der Waals surface area (Å²) in [7, 11) is 0. The third-order valence-corrected chi connectivity index (χ3v) is 5.27. The molecule has 0 spiro atoms. The summed E-state index contributed by atoms with van der Waals surface area (Å²) < 4.78 is 11.3. The molecule has 1 saturated heterocycles. The number of hydrogen-bond acceptors (Lipinski definition) is 4. The fraction of sp³-hybridized carbons (Fsp3) is 0.600. The number of halogens is 1. The van der Waals surface area contributed by atoms with Gasteiger partial charge in [0, 0.05) is 24.8 Å². The molecule has 110 valence electrons. The zero-order valence-corrected chi connectivity index (χ0v) is 13.1. The van der Waals surface area contributed by atoms with Crippen molar-refractivity contribution in [2.45, 2.75) is 31.1 Å². The van der Waals surface area contributed by atoms with E-state index in [0.29, 0.717) is 24.0 Å². The molecule has 0 radical (unpaired) electrons. The van der Waals surface area contributed by atoms with Crippen molar-refractivity contribution in [1.29, 1.82) is 0 Å². The Morgan fingerprint density at radius 2 is 2.15 bits per heavy atom. The summed E-state index contributed by atoms with van der Waals surface area (Å²) in [6, 6.07) is 4.02. The second-order valence-electron chi connectivity index (χ2n) is 5.22. The lowest BCUT2D eigenvalue weighted by Gasteiger charge is -2.13. The minimum Gasteiger partial charge on any atom is -0.489 e. The van der Waals surface area contributed by atoms with E-state index in [1.165, 1.54) is 18.6 Å². The summed E-state index contributed by atoms with van der Waals surface area (Å²) in [5.74, 6) is 2.78. The van der Waals surface area contributed by atoms with Crippen molar-refractivity contribution in [2.75, 3.05) is 25.5 Å². The Kier molecular flexibility index (Phi) is 4.97. The number of hydrogen-bond donors (Lipinski definition) is 1. The number of benzene rings is 1. The van der Waals surface area contributed by atoms with Crippen LogP contribution in [0.5, 0.6) is 11.5 Å². The number of fused-ring (bicyclic) bond motifs is 1. The maximum absolute atomic E-state index is 6.29. The zero-order chi connectivity index (χ0) is 13.8. The largest absolute Gasteiger partial charge is 0.489 e. The summed E-state index contributed by atoms with van der Waals surface area (Å²) in [5, 5.41) is 4.94. The van der Waals surface area contributed by atoms with Gasteiger partial charge in [0.05, 0.1) is 18.2 Å². The van der Waals surface area contributed by atoms with Crippen LogP contribution in [0.25, 0.3) is 0 Å². The van der Waals surface area contributed by atoms with Crippen LogP contribution in [0.1, 0.15) is 24.8 Å². The van der Waals surface area contributed by atoms with Crippen LogP contribution >= 0.6 is 23.4 Å². The van der Waals surface area contributed by atoms with Crippen LogP contribution in [0.15, 0.2) is 12.1 Å². The van der Waals surface area contributed by atoms with Crippen molar-refractivity contribution in [3.8, 4) is 11.5 Å². The summed E-state index contributed by atoms with van der Waals surface area (Å²) in [4.78, 5) is 0. The SMILES string of the molecule is Clc1cc(CNCC2CCCS2)cc2c1OCCCO2. The van der Waals surface area contributed by atoms with Crippen LogP contribution < -0.4 is 14.8 Å². The molecule has 5 heteroatoms. The molecular weight excluding hydrogens is 294 g/mol. The molecule has 20 heavy (non-hydrogen) atoms. The van der Waals surface area contributed by atoms with Gasteiger partial charge < -0.3 is 14.8 Å². The van der Waals surface area contributed by atoms with E-state index in [4.69, 9.17) is 21.1 Å². The van der Waals surface area contributed by atoms with E-state index < -0.39 is 0 Å². The van der Waals surface area contributed by atoms with Gasteiger partial charge in [0.25, 0.3) is 0 Å². The van der Waals surface area contributed by atoms with Crippen molar-refractivity contribution in [1.82, 2.24) is 5.32 Å². The zero-order valence-electron chi connectivity index (χ0n) is 11.5. The third kappa shape index (κ3) is 3.54. The quantitative estimate of drug-likeness (QED) is 0.922. The molecule has 1 fully saturated rings. The second kappa shape index (κ2) is 6.92. The van der Waals surface area contributed by atoms with Crippen LogP contribution in [-0.4, -0.2) is 30.8 Å².